The summed E-state index contributed by atoms with van der Waals surface area (Å²) in [5.74, 6) is 0. The van der Waals surface area contributed by atoms with E-state index >= 15 is 0 Å². The molecule has 0 aromatic carbocycles. The monoisotopic (exact) mass is 248 g/mol. The molecular formula is C13H16N2OS. The SMILES string of the molecule is O=c1c2ccsc2ccn1CCCNC1CC1. The highest BCUT2D eigenvalue weighted by Crippen LogP contribution is 2.18. The van der Waals surface area contributed by atoms with Crippen molar-refractivity contribution < 1.29 is 0 Å². The van der Waals surface area contributed by atoms with Gasteiger partial charge in [0, 0.05) is 23.5 Å². The molecule has 1 N–H and O–H groups in total. The molecule has 3 rings (SSSR count). The van der Waals surface area contributed by atoms with Gasteiger partial charge in [0.1, 0.15) is 0 Å². The lowest BCUT2D eigenvalue weighted by atomic mass is 10.3. The second-order valence-corrected chi connectivity index (χ2v) is 5.54. The van der Waals surface area contributed by atoms with Crippen molar-refractivity contribution in [2.75, 3.05) is 6.54 Å². The van der Waals surface area contributed by atoms with Crippen LogP contribution in [0.15, 0.2) is 28.5 Å². The van der Waals surface area contributed by atoms with E-state index in [1.165, 1.54) is 12.8 Å². The quantitative estimate of drug-likeness (QED) is 0.823. The van der Waals surface area contributed by atoms with Gasteiger partial charge in [0.25, 0.3) is 5.56 Å². The molecule has 2 aromatic heterocycles. The number of rotatable bonds is 5. The fourth-order valence-electron chi connectivity index (χ4n) is 2.03. The zero-order valence-corrected chi connectivity index (χ0v) is 10.5. The minimum atomic E-state index is 0.148. The van der Waals surface area contributed by atoms with E-state index < -0.39 is 0 Å². The molecule has 90 valence electrons. The van der Waals surface area contributed by atoms with Gasteiger partial charge in [-0.2, -0.15) is 0 Å². The Hall–Kier alpha value is -1.13. The molecular weight excluding hydrogens is 232 g/mol. The minimum absolute atomic E-state index is 0.148. The summed E-state index contributed by atoms with van der Waals surface area (Å²) in [6.45, 7) is 1.82. The second-order valence-electron chi connectivity index (χ2n) is 4.59. The lowest BCUT2D eigenvalue weighted by Crippen LogP contribution is -2.23. The van der Waals surface area contributed by atoms with Crippen molar-refractivity contribution in [2.45, 2.75) is 31.8 Å². The fraction of sp³-hybridized carbons (Fsp3) is 0.462. The fourth-order valence-corrected chi connectivity index (χ4v) is 2.80. The van der Waals surface area contributed by atoms with Crippen LogP contribution >= 0.6 is 11.3 Å². The Labute approximate surface area is 104 Å². The Morgan fingerprint density at radius 1 is 1.41 bits per heavy atom. The second kappa shape index (κ2) is 4.63. The summed E-state index contributed by atoms with van der Waals surface area (Å²) in [5, 5.41) is 6.30. The molecule has 2 heterocycles. The number of thiophene rings is 1. The van der Waals surface area contributed by atoms with Crippen LogP contribution in [0.4, 0.5) is 0 Å². The summed E-state index contributed by atoms with van der Waals surface area (Å²) in [7, 11) is 0. The van der Waals surface area contributed by atoms with E-state index in [1.807, 2.05) is 28.3 Å². The van der Waals surface area contributed by atoms with Gasteiger partial charge in [0.05, 0.1) is 5.39 Å². The topological polar surface area (TPSA) is 34.0 Å². The van der Waals surface area contributed by atoms with Crippen LogP contribution in [0.25, 0.3) is 10.1 Å². The van der Waals surface area contributed by atoms with Crippen molar-refractivity contribution in [2.24, 2.45) is 0 Å². The summed E-state index contributed by atoms with van der Waals surface area (Å²) in [6.07, 6.45) is 5.58. The van der Waals surface area contributed by atoms with E-state index in [2.05, 4.69) is 5.32 Å². The molecule has 4 heteroatoms. The number of aryl methyl sites for hydroxylation is 1. The van der Waals surface area contributed by atoms with Gasteiger partial charge in [-0.05, 0) is 43.3 Å². The van der Waals surface area contributed by atoms with Crippen LogP contribution in [0.3, 0.4) is 0 Å². The predicted molar refractivity (Wildman–Crippen MR) is 71.7 cm³/mol. The Kier molecular flexibility index (Phi) is 2.99. The van der Waals surface area contributed by atoms with Gasteiger partial charge in [-0.15, -0.1) is 11.3 Å². The highest BCUT2D eigenvalue weighted by atomic mass is 32.1. The third kappa shape index (κ3) is 2.42. The van der Waals surface area contributed by atoms with Crippen LogP contribution in [0, 0.1) is 0 Å². The number of hydrogen-bond acceptors (Lipinski definition) is 3. The Morgan fingerprint density at radius 2 is 2.29 bits per heavy atom. The van der Waals surface area contributed by atoms with Gasteiger partial charge in [0.15, 0.2) is 0 Å². The molecule has 1 aliphatic rings. The van der Waals surface area contributed by atoms with Crippen LogP contribution < -0.4 is 10.9 Å². The van der Waals surface area contributed by atoms with Gasteiger partial charge < -0.3 is 9.88 Å². The van der Waals surface area contributed by atoms with Gasteiger partial charge in [0.2, 0.25) is 0 Å². The number of nitrogens with one attached hydrogen (secondary N) is 1. The van der Waals surface area contributed by atoms with Crippen LogP contribution in [-0.2, 0) is 6.54 Å². The first kappa shape index (κ1) is 11.0. The van der Waals surface area contributed by atoms with Gasteiger partial charge >= 0.3 is 0 Å². The smallest absolute Gasteiger partial charge is 0.259 e. The molecule has 0 saturated heterocycles. The van der Waals surface area contributed by atoms with Crippen molar-refractivity contribution in [1.82, 2.24) is 9.88 Å². The highest BCUT2D eigenvalue weighted by molar-refractivity contribution is 7.17. The lowest BCUT2D eigenvalue weighted by molar-refractivity contribution is 0.571. The third-order valence-electron chi connectivity index (χ3n) is 3.18. The van der Waals surface area contributed by atoms with Gasteiger partial charge in [-0.25, -0.2) is 0 Å². The molecule has 1 aliphatic carbocycles. The summed E-state index contributed by atoms with van der Waals surface area (Å²) >= 11 is 1.63. The first-order valence-corrected chi connectivity index (χ1v) is 7.02. The molecule has 0 spiro atoms. The molecule has 0 amide bonds. The maximum Gasteiger partial charge on any atom is 0.259 e. The lowest BCUT2D eigenvalue weighted by Gasteiger charge is -2.06. The normalized spacial score (nSPS) is 15.5. The van der Waals surface area contributed by atoms with Crippen molar-refractivity contribution in [1.29, 1.82) is 0 Å². The van der Waals surface area contributed by atoms with Crippen molar-refractivity contribution in [3.63, 3.8) is 0 Å². The number of pyridine rings is 1. The number of nitrogens with zero attached hydrogens (tertiary/aromatic N) is 1. The van der Waals surface area contributed by atoms with Crippen LogP contribution in [-0.4, -0.2) is 17.2 Å². The first-order valence-electron chi connectivity index (χ1n) is 6.14. The first-order chi connectivity index (χ1) is 8.34. The van der Waals surface area contributed by atoms with E-state index in [9.17, 15) is 4.79 Å². The molecule has 0 bridgehead atoms. The standard InChI is InChI=1S/C13H16N2OS/c16-13-11-5-9-17-12(11)4-8-15(13)7-1-6-14-10-2-3-10/h4-5,8-10,14H,1-3,6-7H2. The summed E-state index contributed by atoms with van der Waals surface area (Å²) in [4.78, 5) is 12.1. The third-order valence-corrected chi connectivity index (χ3v) is 4.06. The van der Waals surface area contributed by atoms with Crippen LogP contribution in [0.5, 0.6) is 0 Å². The molecule has 2 aromatic rings. The van der Waals surface area contributed by atoms with E-state index in [0.717, 1.165) is 35.6 Å². The largest absolute Gasteiger partial charge is 0.315 e. The molecule has 17 heavy (non-hydrogen) atoms. The molecule has 0 radical (unpaired) electrons. The van der Waals surface area contributed by atoms with Crippen molar-refractivity contribution in [3.8, 4) is 0 Å². The molecule has 0 unspecified atom stereocenters. The average molecular weight is 248 g/mol. The zero-order chi connectivity index (χ0) is 11.7. The summed E-state index contributed by atoms with van der Waals surface area (Å²) in [5.41, 5.74) is 0.148. The van der Waals surface area contributed by atoms with Crippen LogP contribution in [0.2, 0.25) is 0 Å². The van der Waals surface area contributed by atoms with Crippen molar-refractivity contribution >= 4 is 21.4 Å². The number of hydrogen-bond donors (Lipinski definition) is 1. The number of aromatic nitrogens is 1. The van der Waals surface area contributed by atoms with Gasteiger partial charge in [-0.3, -0.25) is 4.79 Å². The van der Waals surface area contributed by atoms with Crippen molar-refractivity contribution in [3.05, 3.63) is 34.1 Å². The highest BCUT2D eigenvalue weighted by Gasteiger charge is 2.19. The Balaban J connectivity index is 1.66. The average Bonchev–Trinajstić information content (AvgIpc) is 3.02. The molecule has 1 fully saturated rings. The maximum atomic E-state index is 12.1. The van der Waals surface area contributed by atoms with E-state index in [1.54, 1.807) is 11.3 Å². The van der Waals surface area contributed by atoms with E-state index in [0.29, 0.717) is 0 Å². The van der Waals surface area contributed by atoms with E-state index in [-0.39, 0.29) is 5.56 Å². The summed E-state index contributed by atoms with van der Waals surface area (Å²) in [6, 6.07) is 4.71. The maximum absolute atomic E-state index is 12.1. The van der Waals surface area contributed by atoms with Crippen LogP contribution in [0.1, 0.15) is 19.3 Å². The predicted octanol–water partition coefficient (Wildman–Crippen LogP) is 2.21. The Bertz CT molecular complexity index is 568. The molecule has 0 atom stereocenters. The molecule has 3 nitrogen and oxygen atoms in total. The number of fused-ring (bicyclic) bond motifs is 1. The summed E-state index contributed by atoms with van der Waals surface area (Å²) < 4.78 is 2.91. The zero-order valence-electron chi connectivity index (χ0n) is 9.69. The van der Waals surface area contributed by atoms with E-state index in [4.69, 9.17) is 0 Å². The molecule has 1 saturated carbocycles. The Morgan fingerprint density at radius 3 is 3.12 bits per heavy atom. The minimum Gasteiger partial charge on any atom is -0.315 e. The molecule has 0 aliphatic heterocycles. The van der Waals surface area contributed by atoms with Gasteiger partial charge in [-0.1, -0.05) is 0 Å².